The molecule has 5 rings (SSSR count). The van der Waals surface area contributed by atoms with Gasteiger partial charge in [-0.1, -0.05) is 5.16 Å². The van der Waals surface area contributed by atoms with Crippen molar-refractivity contribution in [3.63, 3.8) is 0 Å². The van der Waals surface area contributed by atoms with Crippen LogP contribution in [0.2, 0.25) is 0 Å². The standard InChI is InChI=1S/C20H17N7O5S3/c1-32-25-13(11-7-34-20(21)23-11)16(28)24-14-17(29)27-15(19(30)31)9(6-33-18(14)27)4-26-3-2-12-10(5-26)22-8-35-12/h2-3,5,7-8,14,18H,4,6H2,1H3,(H3-,21,23,24,28,30,31)/p+1/b25-13-/t14-,18-/m1/s1. The number of nitrogens with zero attached hydrogens (tertiary/aromatic N) is 5. The van der Waals surface area contributed by atoms with Gasteiger partial charge in [-0.15, -0.1) is 34.4 Å². The molecule has 4 N–H and O–H groups in total. The number of hydrogen-bond acceptors (Lipinski definition) is 11. The molecule has 2 aliphatic heterocycles. The smallest absolute Gasteiger partial charge is 0.352 e. The van der Waals surface area contributed by atoms with E-state index in [9.17, 15) is 19.5 Å². The van der Waals surface area contributed by atoms with Crippen molar-refractivity contribution in [3.8, 4) is 0 Å². The maximum absolute atomic E-state index is 13.0. The molecule has 2 aliphatic rings. The first kappa shape index (κ1) is 23.2. The number of nitrogens with one attached hydrogen (secondary N) is 1. The van der Waals surface area contributed by atoms with Crippen molar-refractivity contribution >= 4 is 73.3 Å². The van der Waals surface area contributed by atoms with Gasteiger partial charge in [0, 0.05) is 22.8 Å². The fraction of sp³-hybridized carbons (Fsp3) is 0.250. The Hall–Kier alpha value is -3.56. The summed E-state index contributed by atoms with van der Waals surface area (Å²) >= 11 is 4.04. The molecule has 5 heterocycles. The van der Waals surface area contributed by atoms with Crippen LogP contribution in [0.15, 0.2) is 45.8 Å². The molecule has 35 heavy (non-hydrogen) atoms. The van der Waals surface area contributed by atoms with E-state index in [1.54, 1.807) is 10.9 Å². The summed E-state index contributed by atoms with van der Waals surface area (Å²) in [7, 11) is 1.28. The van der Waals surface area contributed by atoms with Crippen LogP contribution in [0, 0.1) is 0 Å². The average Bonchev–Trinajstić information content (AvgIpc) is 3.48. The highest BCUT2D eigenvalue weighted by atomic mass is 32.2. The van der Waals surface area contributed by atoms with E-state index in [1.807, 2.05) is 23.0 Å². The Kier molecular flexibility index (Phi) is 6.12. The number of anilines is 1. The number of carbonyl (C=O) groups is 3. The highest BCUT2D eigenvalue weighted by Gasteiger charge is 2.54. The summed E-state index contributed by atoms with van der Waals surface area (Å²) in [5, 5.41) is 17.5. The lowest BCUT2D eigenvalue weighted by molar-refractivity contribution is -0.687. The van der Waals surface area contributed by atoms with E-state index in [4.69, 9.17) is 10.6 Å². The highest BCUT2D eigenvalue weighted by molar-refractivity contribution is 8.00. The second-order valence-electron chi connectivity index (χ2n) is 7.53. The van der Waals surface area contributed by atoms with Gasteiger partial charge in [0.1, 0.15) is 35.4 Å². The van der Waals surface area contributed by atoms with Gasteiger partial charge in [-0.05, 0) is 0 Å². The minimum atomic E-state index is -1.20. The Morgan fingerprint density at radius 2 is 2.26 bits per heavy atom. The summed E-state index contributed by atoms with van der Waals surface area (Å²) < 4.78 is 2.87. The Balaban J connectivity index is 1.36. The number of amides is 2. The molecule has 180 valence electrons. The van der Waals surface area contributed by atoms with E-state index < -0.39 is 29.2 Å². The van der Waals surface area contributed by atoms with Crippen LogP contribution in [0.4, 0.5) is 5.13 Å². The summed E-state index contributed by atoms with van der Waals surface area (Å²) in [4.78, 5) is 52.3. The summed E-state index contributed by atoms with van der Waals surface area (Å²) in [6.45, 7) is 0.297. The summed E-state index contributed by atoms with van der Waals surface area (Å²) in [6, 6.07) is 1.00. The van der Waals surface area contributed by atoms with Crippen molar-refractivity contribution in [2.75, 3.05) is 18.6 Å². The molecule has 2 amide bonds. The highest BCUT2D eigenvalue weighted by Crippen LogP contribution is 2.40. The quantitative estimate of drug-likeness (QED) is 0.169. The molecule has 15 heteroatoms. The first-order valence-corrected chi connectivity index (χ1v) is 12.9. The lowest BCUT2D eigenvalue weighted by atomic mass is 10.0. The second-order valence-corrected chi connectivity index (χ2v) is 10.4. The summed E-state index contributed by atoms with van der Waals surface area (Å²) in [5.74, 6) is -2.00. The van der Waals surface area contributed by atoms with Gasteiger partial charge in [0.15, 0.2) is 29.8 Å². The number of carboxylic acids is 1. The van der Waals surface area contributed by atoms with Crippen LogP contribution >= 0.6 is 34.4 Å². The number of hydrogen-bond donors (Lipinski definition) is 3. The molecule has 0 aromatic carbocycles. The largest absolute Gasteiger partial charge is 0.477 e. The van der Waals surface area contributed by atoms with Gasteiger partial charge in [-0.2, -0.15) is 4.57 Å². The van der Waals surface area contributed by atoms with Crippen molar-refractivity contribution in [2.45, 2.75) is 18.0 Å². The fourth-order valence-electron chi connectivity index (χ4n) is 3.87. The Morgan fingerprint density at radius 1 is 1.43 bits per heavy atom. The van der Waals surface area contributed by atoms with Gasteiger partial charge >= 0.3 is 5.97 Å². The number of fused-ring (bicyclic) bond motifs is 2. The zero-order chi connectivity index (χ0) is 24.7. The molecule has 0 saturated carbocycles. The lowest BCUT2D eigenvalue weighted by Gasteiger charge is -2.49. The van der Waals surface area contributed by atoms with E-state index in [0.717, 1.165) is 21.6 Å². The molecule has 3 aromatic heterocycles. The van der Waals surface area contributed by atoms with Gasteiger partial charge in [-0.25, -0.2) is 14.8 Å². The fourth-order valence-corrected chi connectivity index (χ4v) is 6.40. The molecule has 0 spiro atoms. The van der Waals surface area contributed by atoms with Gasteiger partial charge < -0.3 is 21.0 Å². The van der Waals surface area contributed by atoms with Crippen LogP contribution in [0.5, 0.6) is 0 Å². The van der Waals surface area contributed by atoms with E-state index in [1.165, 1.54) is 35.1 Å². The number of carboxylic acid groups (broad SMARTS) is 1. The molecule has 1 fully saturated rings. The predicted octanol–water partition coefficient (Wildman–Crippen LogP) is 0.412. The van der Waals surface area contributed by atoms with E-state index in [-0.39, 0.29) is 22.2 Å². The van der Waals surface area contributed by atoms with E-state index >= 15 is 0 Å². The summed E-state index contributed by atoms with van der Waals surface area (Å²) in [6.07, 6.45) is 3.70. The normalized spacial score (nSPS) is 20.0. The number of thiazole rings is 2. The van der Waals surface area contributed by atoms with Crippen molar-refractivity contribution in [3.05, 3.63) is 46.3 Å². The molecular weight excluding hydrogens is 514 g/mol. The number of carbonyl (C=O) groups excluding carboxylic acids is 2. The Bertz CT molecular complexity index is 1410. The number of nitrogen functional groups attached to an aromatic ring is 1. The van der Waals surface area contributed by atoms with Gasteiger partial charge in [0.2, 0.25) is 0 Å². The molecule has 0 unspecified atom stereocenters. The molecule has 1 saturated heterocycles. The van der Waals surface area contributed by atoms with Crippen LogP contribution < -0.4 is 15.6 Å². The average molecular weight is 533 g/mol. The third-order valence-corrected chi connectivity index (χ3v) is 8.22. The van der Waals surface area contributed by atoms with Crippen LogP contribution in [0.25, 0.3) is 10.2 Å². The van der Waals surface area contributed by atoms with Crippen LogP contribution in [-0.2, 0) is 25.8 Å². The van der Waals surface area contributed by atoms with Crippen LogP contribution in [0.1, 0.15) is 5.69 Å². The third-order valence-electron chi connectivity index (χ3n) is 5.40. The molecule has 3 aromatic rings. The zero-order valence-electron chi connectivity index (χ0n) is 18.1. The Morgan fingerprint density at radius 3 is 2.97 bits per heavy atom. The number of pyridine rings is 1. The molecule has 12 nitrogen and oxygen atoms in total. The number of aliphatic carboxylic acids is 1. The maximum atomic E-state index is 13.0. The van der Waals surface area contributed by atoms with Crippen LogP contribution in [-0.4, -0.2) is 67.7 Å². The number of rotatable bonds is 7. The van der Waals surface area contributed by atoms with Crippen molar-refractivity contribution in [1.82, 2.24) is 20.2 Å². The minimum Gasteiger partial charge on any atom is -0.477 e. The zero-order valence-corrected chi connectivity index (χ0v) is 20.5. The van der Waals surface area contributed by atoms with Crippen molar-refractivity contribution in [2.24, 2.45) is 5.16 Å². The van der Waals surface area contributed by atoms with Crippen molar-refractivity contribution in [1.29, 1.82) is 0 Å². The first-order valence-electron chi connectivity index (χ1n) is 10.1. The maximum Gasteiger partial charge on any atom is 0.352 e. The number of nitrogens with two attached hydrogens (primary N) is 1. The third kappa shape index (κ3) is 4.21. The molecule has 0 aliphatic carbocycles. The molecular formula is C20H18N7O5S3+. The van der Waals surface area contributed by atoms with Crippen molar-refractivity contribution < 1.29 is 28.9 Å². The van der Waals surface area contributed by atoms with Crippen LogP contribution in [0.3, 0.4) is 0 Å². The second kappa shape index (κ2) is 9.24. The Labute approximate surface area is 210 Å². The molecule has 0 bridgehead atoms. The number of aromatic nitrogens is 3. The number of thioether (sulfide) groups is 1. The van der Waals surface area contributed by atoms with Gasteiger partial charge in [-0.3, -0.25) is 14.5 Å². The van der Waals surface area contributed by atoms with E-state index in [0.29, 0.717) is 17.9 Å². The SMILES string of the molecule is CO/N=C(\C(=O)N[C@@H]1C(=O)N2C(C(=O)O)=C(C[n+]3ccc4scnc4c3)CS[C@H]12)c1csc(N)n1. The number of oxime groups is 1. The van der Waals surface area contributed by atoms with E-state index in [2.05, 4.69) is 20.4 Å². The monoisotopic (exact) mass is 532 g/mol. The van der Waals surface area contributed by atoms with Gasteiger partial charge in [0.25, 0.3) is 11.8 Å². The summed E-state index contributed by atoms with van der Waals surface area (Å²) in [5.41, 5.74) is 8.83. The minimum absolute atomic E-state index is 0.0619. The molecule has 0 radical (unpaired) electrons. The van der Waals surface area contributed by atoms with Gasteiger partial charge in [0.05, 0.1) is 10.2 Å². The topological polar surface area (TPSA) is 164 Å². The predicted molar refractivity (Wildman–Crippen MR) is 130 cm³/mol. The molecule has 2 atom stereocenters. The lowest BCUT2D eigenvalue weighted by Crippen LogP contribution is -2.71. The number of β-lactam (4-membered cyclic amide) rings is 1. The first-order chi connectivity index (χ1) is 16.9.